The first-order valence-corrected chi connectivity index (χ1v) is 3.87. The van der Waals surface area contributed by atoms with Crippen LogP contribution in [0.25, 0.3) is 0 Å². The summed E-state index contributed by atoms with van der Waals surface area (Å²) in [5, 5.41) is 0. The zero-order valence-corrected chi connectivity index (χ0v) is 7.22. The van der Waals surface area contributed by atoms with E-state index in [1.165, 1.54) is 5.57 Å². The molecule has 0 bridgehead atoms. The largest absolute Gasteiger partial charge is 0.0991 e. The molecular formula is C11H16. The third kappa shape index (κ3) is 6.85. The summed E-state index contributed by atoms with van der Waals surface area (Å²) in [6, 6.07) is 0. The molecule has 0 aliphatic heterocycles. The van der Waals surface area contributed by atoms with Gasteiger partial charge in [-0.3, -0.25) is 0 Å². The van der Waals surface area contributed by atoms with Gasteiger partial charge in [0, 0.05) is 0 Å². The smallest absolute Gasteiger partial charge is 0.0285 e. The van der Waals surface area contributed by atoms with Crippen molar-refractivity contribution in [3.63, 3.8) is 0 Å². The highest BCUT2D eigenvalue weighted by molar-refractivity contribution is 5.09. The van der Waals surface area contributed by atoms with Crippen LogP contribution in [0.1, 0.15) is 19.8 Å². The second-order valence-electron chi connectivity index (χ2n) is 2.45. The summed E-state index contributed by atoms with van der Waals surface area (Å²) >= 11 is 0. The van der Waals surface area contributed by atoms with Crippen LogP contribution in [-0.2, 0) is 0 Å². The van der Waals surface area contributed by atoms with E-state index in [-0.39, 0.29) is 0 Å². The molecule has 0 rings (SSSR count). The normalized spacial score (nSPS) is 11.9. The fourth-order valence-electron chi connectivity index (χ4n) is 0.788. The van der Waals surface area contributed by atoms with Crippen molar-refractivity contribution in [1.29, 1.82) is 0 Å². The van der Waals surface area contributed by atoms with Crippen LogP contribution < -0.4 is 0 Å². The van der Waals surface area contributed by atoms with Crippen molar-refractivity contribution in [2.24, 2.45) is 0 Å². The van der Waals surface area contributed by atoms with E-state index in [0.29, 0.717) is 0 Å². The fraction of sp³-hybridized carbons (Fsp3) is 0.273. The van der Waals surface area contributed by atoms with Crippen LogP contribution in [0.15, 0.2) is 49.1 Å². The average Bonchev–Trinajstić information content (AvgIpc) is 1.99. The minimum atomic E-state index is 1.09. The van der Waals surface area contributed by atoms with Crippen LogP contribution in [-0.4, -0.2) is 0 Å². The van der Waals surface area contributed by atoms with E-state index < -0.39 is 0 Å². The molecule has 11 heavy (non-hydrogen) atoms. The zero-order chi connectivity index (χ0) is 8.53. The second-order valence-corrected chi connectivity index (χ2v) is 2.45. The lowest BCUT2D eigenvalue weighted by atomic mass is 10.1. The Morgan fingerprint density at radius 1 is 1.27 bits per heavy atom. The van der Waals surface area contributed by atoms with Gasteiger partial charge in [-0.05, 0) is 19.8 Å². The molecule has 0 heterocycles. The maximum atomic E-state index is 3.63. The molecule has 0 saturated carbocycles. The number of hydrogen-bond acceptors (Lipinski definition) is 0. The van der Waals surface area contributed by atoms with Gasteiger partial charge in [-0.25, -0.2) is 0 Å². The van der Waals surface area contributed by atoms with Crippen LogP contribution in [0.4, 0.5) is 0 Å². The maximum Gasteiger partial charge on any atom is -0.0285 e. The summed E-state index contributed by atoms with van der Waals surface area (Å²) in [6.07, 6.45) is 12.0. The number of rotatable bonds is 5. The highest BCUT2D eigenvalue weighted by Crippen LogP contribution is 2.03. The monoisotopic (exact) mass is 148 g/mol. The van der Waals surface area contributed by atoms with Gasteiger partial charge in [-0.15, -0.1) is 0 Å². The molecule has 0 aromatic rings. The Kier molecular flexibility index (Phi) is 6.40. The Morgan fingerprint density at radius 3 is 2.55 bits per heavy atom. The van der Waals surface area contributed by atoms with Crippen molar-refractivity contribution < 1.29 is 0 Å². The SMILES string of the molecule is C=C/C=C\CC/C(C)=C\C=C. The molecule has 0 aliphatic rings. The molecule has 0 fully saturated rings. The van der Waals surface area contributed by atoms with Gasteiger partial charge in [0.2, 0.25) is 0 Å². The van der Waals surface area contributed by atoms with Crippen LogP contribution >= 0.6 is 0 Å². The summed E-state index contributed by atoms with van der Waals surface area (Å²) in [5.41, 5.74) is 1.37. The van der Waals surface area contributed by atoms with E-state index in [2.05, 4.69) is 26.2 Å². The van der Waals surface area contributed by atoms with Gasteiger partial charge in [0.15, 0.2) is 0 Å². The van der Waals surface area contributed by atoms with Crippen molar-refractivity contribution >= 4 is 0 Å². The molecule has 0 amide bonds. The Balaban J connectivity index is 3.53. The molecule has 0 aliphatic carbocycles. The molecule has 0 aromatic carbocycles. The fourth-order valence-corrected chi connectivity index (χ4v) is 0.788. The van der Waals surface area contributed by atoms with Crippen LogP contribution in [0.2, 0.25) is 0 Å². The summed E-state index contributed by atoms with van der Waals surface area (Å²) < 4.78 is 0. The van der Waals surface area contributed by atoms with E-state index in [9.17, 15) is 0 Å². The first-order valence-electron chi connectivity index (χ1n) is 3.87. The zero-order valence-electron chi connectivity index (χ0n) is 7.22. The van der Waals surface area contributed by atoms with Gasteiger partial charge < -0.3 is 0 Å². The summed E-state index contributed by atoms with van der Waals surface area (Å²) in [4.78, 5) is 0. The van der Waals surface area contributed by atoms with Gasteiger partial charge in [-0.2, -0.15) is 0 Å². The third-order valence-electron chi connectivity index (χ3n) is 1.38. The van der Waals surface area contributed by atoms with E-state index in [1.54, 1.807) is 6.08 Å². The van der Waals surface area contributed by atoms with Gasteiger partial charge in [-0.1, -0.05) is 49.1 Å². The van der Waals surface area contributed by atoms with Crippen LogP contribution in [0.3, 0.4) is 0 Å². The molecule has 0 aromatic heterocycles. The van der Waals surface area contributed by atoms with Crippen molar-refractivity contribution in [3.8, 4) is 0 Å². The predicted octanol–water partition coefficient (Wildman–Crippen LogP) is 3.64. The molecule has 0 nitrogen and oxygen atoms in total. The Labute approximate surface area is 69.6 Å². The molecule has 0 radical (unpaired) electrons. The Morgan fingerprint density at radius 2 is 2.00 bits per heavy atom. The quantitative estimate of drug-likeness (QED) is 0.522. The molecular weight excluding hydrogens is 132 g/mol. The second kappa shape index (κ2) is 7.07. The minimum Gasteiger partial charge on any atom is -0.0991 e. The van der Waals surface area contributed by atoms with Gasteiger partial charge in [0.25, 0.3) is 0 Å². The molecule has 0 unspecified atom stereocenters. The lowest BCUT2D eigenvalue weighted by Crippen LogP contribution is -1.73. The lowest BCUT2D eigenvalue weighted by molar-refractivity contribution is 0.978. The van der Waals surface area contributed by atoms with Gasteiger partial charge >= 0.3 is 0 Å². The average molecular weight is 148 g/mol. The topological polar surface area (TPSA) is 0 Å². The van der Waals surface area contributed by atoms with E-state index >= 15 is 0 Å². The van der Waals surface area contributed by atoms with Crippen molar-refractivity contribution in [2.45, 2.75) is 19.8 Å². The van der Waals surface area contributed by atoms with Crippen molar-refractivity contribution in [2.75, 3.05) is 0 Å². The predicted molar refractivity (Wildman–Crippen MR) is 52.5 cm³/mol. The third-order valence-corrected chi connectivity index (χ3v) is 1.38. The van der Waals surface area contributed by atoms with Gasteiger partial charge in [0.1, 0.15) is 0 Å². The molecule has 0 N–H and O–H groups in total. The molecule has 0 heteroatoms. The Hall–Kier alpha value is -1.04. The first kappa shape index (κ1) is 9.96. The maximum absolute atomic E-state index is 3.63. The molecule has 0 saturated heterocycles. The highest BCUT2D eigenvalue weighted by Gasteiger charge is 1.83. The summed E-state index contributed by atoms with van der Waals surface area (Å²) in [7, 11) is 0. The van der Waals surface area contributed by atoms with Crippen molar-refractivity contribution in [1.82, 2.24) is 0 Å². The molecule has 60 valence electrons. The lowest BCUT2D eigenvalue weighted by Gasteiger charge is -1.93. The summed E-state index contributed by atoms with van der Waals surface area (Å²) in [5.74, 6) is 0. The minimum absolute atomic E-state index is 1.09. The van der Waals surface area contributed by atoms with Crippen molar-refractivity contribution in [3.05, 3.63) is 49.1 Å². The van der Waals surface area contributed by atoms with Crippen LogP contribution in [0.5, 0.6) is 0 Å². The van der Waals surface area contributed by atoms with E-state index in [0.717, 1.165) is 12.8 Å². The number of allylic oxidation sites excluding steroid dienone is 6. The summed E-state index contributed by atoms with van der Waals surface area (Å²) in [6.45, 7) is 9.35. The van der Waals surface area contributed by atoms with Crippen LogP contribution in [0, 0.1) is 0 Å². The van der Waals surface area contributed by atoms with E-state index in [1.807, 2.05) is 18.2 Å². The van der Waals surface area contributed by atoms with Gasteiger partial charge in [0.05, 0.1) is 0 Å². The Bertz CT molecular complexity index is 170. The number of hydrogen-bond donors (Lipinski definition) is 0. The standard InChI is InChI=1S/C11H16/c1-4-6-7-8-10-11(3)9-5-2/h4-7,9H,1-2,8,10H2,3H3/b7-6-,11-9-. The highest BCUT2D eigenvalue weighted by atomic mass is 13.9. The molecule has 0 spiro atoms. The molecule has 0 atom stereocenters. The first-order chi connectivity index (χ1) is 5.31. The van der Waals surface area contributed by atoms with E-state index in [4.69, 9.17) is 0 Å².